The van der Waals surface area contributed by atoms with E-state index in [9.17, 15) is 8.42 Å². The summed E-state index contributed by atoms with van der Waals surface area (Å²) in [5, 5.41) is 0. The molecule has 1 heterocycles. The van der Waals surface area contributed by atoms with Crippen molar-refractivity contribution in [3.63, 3.8) is 0 Å². The topological polar surface area (TPSA) is 63.4 Å². The normalized spacial score (nSPS) is 21.3. The number of nitrogens with zero attached hydrogens (tertiary/aromatic N) is 1. The molecule has 1 aromatic rings. The predicted octanol–water partition coefficient (Wildman–Crippen LogP) is 2.14. The maximum absolute atomic E-state index is 12.6. The van der Waals surface area contributed by atoms with Crippen LogP contribution in [0.4, 0.5) is 5.69 Å². The van der Waals surface area contributed by atoms with E-state index in [-0.39, 0.29) is 6.04 Å². The molecule has 1 aromatic carbocycles. The zero-order valence-corrected chi connectivity index (χ0v) is 11.7. The van der Waals surface area contributed by atoms with Gasteiger partial charge >= 0.3 is 0 Å². The monoisotopic (exact) mass is 268 g/mol. The number of rotatable bonds is 3. The van der Waals surface area contributed by atoms with Gasteiger partial charge in [0.15, 0.2) is 0 Å². The molecule has 1 aliphatic heterocycles. The largest absolute Gasteiger partial charge is 0.398 e. The Morgan fingerprint density at radius 1 is 1.44 bits per heavy atom. The minimum Gasteiger partial charge on any atom is -0.398 e. The first-order valence-electron chi connectivity index (χ1n) is 6.35. The predicted molar refractivity (Wildman–Crippen MR) is 72.8 cm³/mol. The third-order valence-electron chi connectivity index (χ3n) is 3.71. The summed E-state index contributed by atoms with van der Waals surface area (Å²) in [4.78, 5) is 0.350. The maximum Gasteiger partial charge on any atom is 0.243 e. The van der Waals surface area contributed by atoms with E-state index in [4.69, 9.17) is 5.73 Å². The lowest BCUT2D eigenvalue weighted by molar-refractivity contribution is 0.379. The van der Waals surface area contributed by atoms with Gasteiger partial charge in [-0.1, -0.05) is 13.0 Å². The Morgan fingerprint density at radius 2 is 2.17 bits per heavy atom. The van der Waals surface area contributed by atoms with Crippen molar-refractivity contribution in [3.05, 3.63) is 23.8 Å². The molecule has 1 atom stereocenters. The molecule has 1 aliphatic rings. The van der Waals surface area contributed by atoms with Gasteiger partial charge < -0.3 is 5.73 Å². The summed E-state index contributed by atoms with van der Waals surface area (Å²) in [7, 11) is -3.40. The zero-order valence-electron chi connectivity index (χ0n) is 10.9. The summed E-state index contributed by atoms with van der Waals surface area (Å²) < 4.78 is 26.9. The smallest absolute Gasteiger partial charge is 0.243 e. The van der Waals surface area contributed by atoms with Crippen LogP contribution in [-0.4, -0.2) is 25.3 Å². The molecule has 1 unspecified atom stereocenters. The van der Waals surface area contributed by atoms with Crippen molar-refractivity contribution in [3.8, 4) is 0 Å². The third-order valence-corrected chi connectivity index (χ3v) is 5.80. The molecular formula is C13H20N2O2S. The average Bonchev–Trinajstić information content (AvgIpc) is 2.81. The van der Waals surface area contributed by atoms with E-state index < -0.39 is 10.0 Å². The van der Waals surface area contributed by atoms with Crippen LogP contribution in [0.3, 0.4) is 0 Å². The molecule has 2 rings (SSSR count). The van der Waals surface area contributed by atoms with E-state index >= 15 is 0 Å². The van der Waals surface area contributed by atoms with Gasteiger partial charge in [-0.15, -0.1) is 0 Å². The van der Waals surface area contributed by atoms with E-state index in [0.717, 1.165) is 19.3 Å². The first kappa shape index (κ1) is 13.4. The van der Waals surface area contributed by atoms with Crippen molar-refractivity contribution >= 4 is 15.7 Å². The molecule has 0 spiro atoms. The molecule has 0 saturated carbocycles. The van der Waals surface area contributed by atoms with Crippen LogP contribution in [0, 0.1) is 6.92 Å². The summed E-state index contributed by atoms with van der Waals surface area (Å²) >= 11 is 0. The van der Waals surface area contributed by atoms with Gasteiger partial charge in [-0.05, 0) is 43.9 Å². The molecule has 0 radical (unpaired) electrons. The molecule has 0 aliphatic carbocycles. The minimum atomic E-state index is -3.40. The molecule has 5 heteroatoms. The van der Waals surface area contributed by atoms with Crippen LogP contribution in [0.15, 0.2) is 23.1 Å². The lowest BCUT2D eigenvalue weighted by Gasteiger charge is -2.24. The van der Waals surface area contributed by atoms with Gasteiger partial charge in [-0.3, -0.25) is 0 Å². The number of nitrogens with two attached hydrogens (primary N) is 1. The average molecular weight is 268 g/mol. The number of hydrogen-bond acceptors (Lipinski definition) is 3. The minimum absolute atomic E-state index is 0.135. The van der Waals surface area contributed by atoms with E-state index in [1.165, 1.54) is 0 Å². The highest BCUT2D eigenvalue weighted by molar-refractivity contribution is 7.89. The van der Waals surface area contributed by atoms with Gasteiger partial charge in [0.05, 0.1) is 4.90 Å². The van der Waals surface area contributed by atoms with E-state index in [0.29, 0.717) is 22.7 Å². The first-order valence-corrected chi connectivity index (χ1v) is 7.79. The van der Waals surface area contributed by atoms with Crippen molar-refractivity contribution in [1.29, 1.82) is 0 Å². The Hall–Kier alpha value is -1.07. The van der Waals surface area contributed by atoms with Gasteiger partial charge in [-0.25, -0.2) is 8.42 Å². The Bertz CT molecular complexity index is 540. The second-order valence-corrected chi connectivity index (χ2v) is 6.65. The molecule has 100 valence electrons. The highest BCUT2D eigenvalue weighted by Crippen LogP contribution is 2.30. The Balaban J connectivity index is 2.45. The number of nitrogen functional groups attached to an aromatic ring is 1. The van der Waals surface area contributed by atoms with Gasteiger partial charge in [0.25, 0.3) is 0 Å². The molecular weight excluding hydrogens is 248 g/mol. The summed E-state index contributed by atoms with van der Waals surface area (Å²) in [6.45, 7) is 4.42. The molecule has 0 amide bonds. The lowest BCUT2D eigenvalue weighted by atomic mass is 10.2. The number of sulfonamides is 1. The van der Waals surface area contributed by atoms with Crippen LogP contribution < -0.4 is 5.73 Å². The number of hydrogen-bond donors (Lipinski definition) is 1. The van der Waals surface area contributed by atoms with Gasteiger partial charge in [0, 0.05) is 18.3 Å². The fraction of sp³-hybridized carbons (Fsp3) is 0.538. The summed E-state index contributed by atoms with van der Waals surface area (Å²) in [6, 6.07) is 5.21. The van der Waals surface area contributed by atoms with Crippen LogP contribution in [0.5, 0.6) is 0 Å². The molecule has 4 nitrogen and oxygen atoms in total. The van der Waals surface area contributed by atoms with E-state index in [1.807, 2.05) is 6.92 Å². The standard InChI is InChI=1S/C13H20N2O2S/c1-3-11-6-5-9-15(11)18(16,17)13-8-4-7-12(14)10(13)2/h4,7-8,11H,3,5-6,9,14H2,1-2H3. The van der Waals surface area contributed by atoms with Crippen molar-refractivity contribution in [2.24, 2.45) is 0 Å². The SMILES string of the molecule is CCC1CCCN1S(=O)(=O)c1cccc(N)c1C. The lowest BCUT2D eigenvalue weighted by Crippen LogP contribution is -2.35. The summed E-state index contributed by atoms with van der Waals surface area (Å²) in [5.74, 6) is 0. The molecule has 2 N–H and O–H groups in total. The molecule has 0 bridgehead atoms. The number of benzene rings is 1. The van der Waals surface area contributed by atoms with Crippen molar-refractivity contribution in [2.45, 2.75) is 44.0 Å². The quantitative estimate of drug-likeness (QED) is 0.854. The Labute approximate surface area is 109 Å². The third kappa shape index (κ3) is 2.12. The Kier molecular flexibility index (Phi) is 3.64. The van der Waals surface area contributed by atoms with Crippen LogP contribution in [0.2, 0.25) is 0 Å². The molecule has 18 heavy (non-hydrogen) atoms. The van der Waals surface area contributed by atoms with Crippen LogP contribution in [-0.2, 0) is 10.0 Å². The van der Waals surface area contributed by atoms with Crippen molar-refractivity contribution < 1.29 is 8.42 Å². The highest BCUT2D eigenvalue weighted by atomic mass is 32.2. The van der Waals surface area contributed by atoms with Crippen LogP contribution >= 0.6 is 0 Å². The zero-order chi connectivity index (χ0) is 13.3. The molecule has 1 fully saturated rings. The van der Waals surface area contributed by atoms with Crippen LogP contribution in [0.25, 0.3) is 0 Å². The van der Waals surface area contributed by atoms with Crippen molar-refractivity contribution in [2.75, 3.05) is 12.3 Å². The van der Waals surface area contributed by atoms with Crippen LogP contribution in [0.1, 0.15) is 31.7 Å². The number of anilines is 1. The van der Waals surface area contributed by atoms with Gasteiger partial charge in [0.1, 0.15) is 0 Å². The summed E-state index contributed by atoms with van der Waals surface area (Å²) in [5.41, 5.74) is 6.98. The summed E-state index contributed by atoms with van der Waals surface area (Å²) in [6.07, 6.45) is 2.76. The fourth-order valence-corrected chi connectivity index (χ4v) is 4.60. The second-order valence-electron chi connectivity index (χ2n) is 4.79. The highest BCUT2D eigenvalue weighted by Gasteiger charge is 2.35. The van der Waals surface area contributed by atoms with E-state index in [1.54, 1.807) is 29.4 Å². The molecule has 0 aromatic heterocycles. The Morgan fingerprint density at radius 3 is 2.83 bits per heavy atom. The van der Waals surface area contributed by atoms with Gasteiger partial charge in [-0.2, -0.15) is 4.31 Å². The first-order chi connectivity index (χ1) is 8.48. The van der Waals surface area contributed by atoms with E-state index in [2.05, 4.69) is 0 Å². The van der Waals surface area contributed by atoms with Crippen molar-refractivity contribution in [1.82, 2.24) is 4.31 Å². The van der Waals surface area contributed by atoms with Gasteiger partial charge in [0.2, 0.25) is 10.0 Å². The maximum atomic E-state index is 12.6. The fourth-order valence-electron chi connectivity index (χ4n) is 2.57. The second kappa shape index (κ2) is 4.90. The molecule has 1 saturated heterocycles.